The Morgan fingerprint density at radius 1 is 1.35 bits per heavy atom. The van der Waals surface area contributed by atoms with E-state index in [-0.39, 0.29) is 18.1 Å². The number of rotatable bonds is 10. The number of hydrogen-bond acceptors (Lipinski definition) is 8. The Kier molecular flexibility index (Phi) is 7.06. The van der Waals surface area contributed by atoms with Gasteiger partial charge in [-0.3, -0.25) is 0 Å². The third-order valence-electron chi connectivity index (χ3n) is 2.50. The summed E-state index contributed by atoms with van der Waals surface area (Å²) >= 11 is 0. The summed E-state index contributed by atoms with van der Waals surface area (Å²) in [5, 5.41) is 3.77. The molecule has 0 amide bonds. The van der Waals surface area contributed by atoms with E-state index in [0.717, 1.165) is 6.26 Å². The maximum atomic E-state index is 11.1. The summed E-state index contributed by atoms with van der Waals surface area (Å²) in [4.78, 5) is 4.12. The van der Waals surface area contributed by atoms with E-state index in [9.17, 15) is 8.42 Å². The van der Waals surface area contributed by atoms with Gasteiger partial charge in [0.2, 0.25) is 5.89 Å². The lowest BCUT2D eigenvalue weighted by Gasteiger charge is -2.04. The molecule has 1 aromatic rings. The van der Waals surface area contributed by atoms with Crippen molar-refractivity contribution in [3.05, 3.63) is 11.7 Å². The first kappa shape index (κ1) is 17.0. The lowest BCUT2D eigenvalue weighted by atomic mass is 10.2. The molecule has 1 heterocycles. The zero-order valence-electron chi connectivity index (χ0n) is 11.7. The Hall–Kier alpha value is -1.03. The summed E-state index contributed by atoms with van der Waals surface area (Å²) in [5.41, 5.74) is 5.80. The van der Waals surface area contributed by atoms with Gasteiger partial charge >= 0.3 is 0 Å². The van der Waals surface area contributed by atoms with E-state index in [1.165, 1.54) is 0 Å². The van der Waals surface area contributed by atoms with Crippen LogP contribution in [-0.2, 0) is 25.7 Å². The molecule has 116 valence electrons. The summed E-state index contributed by atoms with van der Waals surface area (Å²) in [5.74, 6) is 0.735. The number of methoxy groups -OCH3 is 1. The van der Waals surface area contributed by atoms with Gasteiger partial charge in [-0.2, -0.15) is 4.98 Å². The van der Waals surface area contributed by atoms with Crippen LogP contribution in [-0.4, -0.2) is 57.5 Å². The van der Waals surface area contributed by atoms with E-state index < -0.39 is 15.9 Å². The van der Waals surface area contributed by atoms with E-state index >= 15 is 0 Å². The van der Waals surface area contributed by atoms with Gasteiger partial charge in [0.15, 0.2) is 5.82 Å². The van der Waals surface area contributed by atoms with Crippen molar-refractivity contribution < 1.29 is 22.4 Å². The number of nitrogens with two attached hydrogens (primary N) is 1. The quantitative estimate of drug-likeness (QED) is 0.586. The molecule has 1 rings (SSSR count). The lowest BCUT2D eigenvalue weighted by molar-refractivity contribution is 0.0714. The molecular weight excluding hydrogens is 286 g/mol. The van der Waals surface area contributed by atoms with Crippen LogP contribution in [0.5, 0.6) is 0 Å². The van der Waals surface area contributed by atoms with Crippen LogP contribution in [0.3, 0.4) is 0 Å². The molecule has 9 heteroatoms. The maximum Gasteiger partial charge on any atom is 0.243 e. The topological polar surface area (TPSA) is 118 Å². The zero-order chi connectivity index (χ0) is 15.0. The molecular formula is C11H21N3O5S. The lowest BCUT2D eigenvalue weighted by Crippen LogP contribution is -2.16. The molecule has 8 nitrogen and oxygen atoms in total. The second-order valence-electron chi connectivity index (χ2n) is 4.43. The normalized spacial score (nSPS) is 13.6. The minimum absolute atomic E-state index is 0.00793. The molecule has 0 saturated carbocycles. The van der Waals surface area contributed by atoms with Gasteiger partial charge in [0.05, 0.1) is 31.6 Å². The Morgan fingerprint density at radius 2 is 2.10 bits per heavy atom. The van der Waals surface area contributed by atoms with Crippen LogP contribution in [0.4, 0.5) is 0 Å². The van der Waals surface area contributed by atoms with Gasteiger partial charge in [-0.15, -0.1) is 0 Å². The third-order valence-corrected chi connectivity index (χ3v) is 3.48. The first-order valence-electron chi connectivity index (χ1n) is 6.25. The first-order chi connectivity index (χ1) is 9.42. The molecule has 1 unspecified atom stereocenters. The Balaban J connectivity index is 2.34. The van der Waals surface area contributed by atoms with E-state index in [0.29, 0.717) is 32.1 Å². The minimum atomic E-state index is -3.05. The monoisotopic (exact) mass is 307 g/mol. The van der Waals surface area contributed by atoms with Crippen LogP contribution in [0.1, 0.15) is 24.2 Å². The molecule has 0 saturated heterocycles. The Morgan fingerprint density at radius 3 is 2.75 bits per heavy atom. The Bertz CT molecular complexity index is 488. The average Bonchev–Trinajstić information content (AvgIpc) is 2.84. The van der Waals surface area contributed by atoms with Crippen LogP contribution >= 0.6 is 0 Å². The molecule has 2 N–H and O–H groups in total. The van der Waals surface area contributed by atoms with Crippen LogP contribution in [0.25, 0.3) is 0 Å². The predicted octanol–water partition coefficient (Wildman–Crippen LogP) is -0.290. The van der Waals surface area contributed by atoms with Crippen LogP contribution in [0.15, 0.2) is 4.52 Å². The fourth-order valence-electron chi connectivity index (χ4n) is 1.39. The minimum Gasteiger partial charge on any atom is -0.382 e. The van der Waals surface area contributed by atoms with E-state index in [2.05, 4.69) is 10.1 Å². The summed E-state index contributed by atoms with van der Waals surface area (Å²) < 4.78 is 37.2. The zero-order valence-corrected chi connectivity index (χ0v) is 12.6. The van der Waals surface area contributed by atoms with Gasteiger partial charge in [-0.05, 0) is 6.42 Å². The summed E-state index contributed by atoms with van der Waals surface area (Å²) in [6, 6.07) is -0.569. The fourth-order valence-corrected chi connectivity index (χ4v) is 2.07. The highest BCUT2D eigenvalue weighted by Gasteiger charge is 2.16. The smallest absolute Gasteiger partial charge is 0.243 e. The Labute approximate surface area is 118 Å². The largest absolute Gasteiger partial charge is 0.382 e. The molecule has 0 aliphatic heterocycles. The molecule has 1 aromatic heterocycles. The number of nitrogens with zero attached hydrogens (tertiary/aromatic N) is 2. The van der Waals surface area contributed by atoms with Crippen molar-refractivity contribution in [2.75, 3.05) is 38.9 Å². The molecule has 0 fully saturated rings. The molecule has 0 spiro atoms. The SMILES string of the molecule is COCCOCCc1noc(C(N)CCS(C)(=O)=O)n1. The molecule has 0 radical (unpaired) electrons. The number of aromatic nitrogens is 2. The van der Waals surface area contributed by atoms with Crippen molar-refractivity contribution in [2.45, 2.75) is 18.9 Å². The number of sulfone groups is 1. The van der Waals surface area contributed by atoms with Crippen molar-refractivity contribution in [3.8, 4) is 0 Å². The number of ether oxygens (including phenoxy) is 2. The summed E-state index contributed by atoms with van der Waals surface area (Å²) in [6.07, 6.45) is 1.92. The van der Waals surface area contributed by atoms with E-state index in [1.54, 1.807) is 7.11 Å². The predicted molar refractivity (Wildman–Crippen MR) is 72.0 cm³/mol. The van der Waals surface area contributed by atoms with E-state index in [4.69, 9.17) is 19.7 Å². The van der Waals surface area contributed by atoms with Crippen molar-refractivity contribution in [2.24, 2.45) is 5.73 Å². The number of hydrogen-bond donors (Lipinski definition) is 1. The second-order valence-corrected chi connectivity index (χ2v) is 6.69. The molecule has 0 aliphatic carbocycles. The highest BCUT2D eigenvalue weighted by atomic mass is 32.2. The summed E-state index contributed by atoms with van der Waals surface area (Å²) in [6.45, 7) is 1.50. The molecule has 0 aromatic carbocycles. The molecule has 1 atom stereocenters. The molecule has 0 bridgehead atoms. The maximum absolute atomic E-state index is 11.1. The fraction of sp³-hybridized carbons (Fsp3) is 0.818. The molecule has 0 aliphatic rings. The standard InChI is InChI=1S/C11H21N3O5S/c1-17-6-7-18-5-3-10-13-11(19-14-10)9(12)4-8-20(2,15)16/h9H,3-8,12H2,1-2H3. The molecule has 20 heavy (non-hydrogen) atoms. The highest BCUT2D eigenvalue weighted by Crippen LogP contribution is 2.12. The third kappa shape index (κ3) is 6.94. The first-order valence-corrected chi connectivity index (χ1v) is 8.31. The van der Waals surface area contributed by atoms with Crippen molar-refractivity contribution in [1.29, 1.82) is 0 Å². The van der Waals surface area contributed by atoms with E-state index in [1.807, 2.05) is 0 Å². The van der Waals surface area contributed by atoms with Crippen LogP contribution < -0.4 is 5.73 Å². The van der Waals surface area contributed by atoms with Crippen LogP contribution in [0, 0.1) is 0 Å². The van der Waals surface area contributed by atoms with Crippen molar-refractivity contribution in [1.82, 2.24) is 10.1 Å². The highest BCUT2D eigenvalue weighted by molar-refractivity contribution is 7.90. The summed E-state index contributed by atoms with van der Waals surface area (Å²) in [7, 11) is -1.44. The van der Waals surface area contributed by atoms with Gasteiger partial charge in [0.1, 0.15) is 9.84 Å². The van der Waals surface area contributed by atoms with Crippen molar-refractivity contribution >= 4 is 9.84 Å². The van der Waals surface area contributed by atoms with Gasteiger partial charge in [0, 0.05) is 19.8 Å². The van der Waals surface area contributed by atoms with Gasteiger partial charge in [-0.1, -0.05) is 5.16 Å². The average molecular weight is 307 g/mol. The van der Waals surface area contributed by atoms with Crippen molar-refractivity contribution in [3.63, 3.8) is 0 Å². The van der Waals surface area contributed by atoms with Gasteiger partial charge in [0.25, 0.3) is 0 Å². The second kappa shape index (κ2) is 8.30. The van der Waals surface area contributed by atoms with Gasteiger partial charge in [-0.25, -0.2) is 8.42 Å². The van der Waals surface area contributed by atoms with Gasteiger partial charge < -0.3 is 19.7 Å². The van der Waals surface area contributed by atoms with Crippen LogP contribution in [0.2, 0.25) is 0 Å².